The summed E-state index contributed by atoms with van der Waals surface area (Å²) in [6.45, 7) is 5.64. The molecule has 1 aliphatic heterocycles. The van der Waals surface area contributed by atoms with Crippen LogP contribution in [0.25, 0.3) is 44.7 Å². The molecule has 0 atom stereocenters. The van der Waals surface area contributed by atoms with Crippen LogP contribution >= 0.6 is 0 Å². The Morgan fingerprint density at radius 1 is 1.11 bits per heavy atom. The molecule has 0 bridgehead atoms. The van der Waals surface area contributed by atoms with Gasteiger partial charge in [-0.2, -0.15) is 5.10 Å². The predicted octanol–water partition coefficient (Wildman–Crippen LogP) is 5.29. The molecule has 5 heterocycles. The highest BCUT2D eigenvalue weighted by atomic mass is 19.1. The zero-order valence-corrected chi connectivity index (χ0v) is 20.7. The number of carbonyl (C=O) groups excluding carboxylic acids is 1. The first-order valence-corrected chi connectivity index (χ1v) is 12.5. The Bertz CT molecular complexity index is 1620. The van der Waals surface area contributed by atoms with Crippen molar-refractivity contribution in [1.82, 2.24) is 30.1 Å². The summed E-state index contributed by atoms with van der Waals surface area (Å²) in [6, 6.07) is 7.07. The van der Waals surface area contributed by atoms with Crippen molar-refractivity contribution in [3.63, 3.8) is 0 Å². The average molecular weight is 499 g/mol. The first-order valence-electron chi connectivity index (χ1n) is 12.5. The van der Waals surface area contributed by atoms with Crippen LogP contribution < -0.4 is 10.2 Å². The number of rotatable bonds is 5. The molecule has 10 heteroatoms. The van der Waals surface area contributed by atoms with Gasteiger partial charge in [0, 0.05) is 42.4 Å². The lowest BCUT2D eigenvalue weighted by molar-refractivity contribution is -0.118. The minimum atomic E-state index is -0.463. The van der Waals surface area contributed by atoms with Crippen LogP contribution in [0.2, 0.25) is 0 Å². The summed E-state index contributed by atoms with van der Waals surface area (Å²) in [6.07, 6.45) is 8.56. The number of pyridine rings is 2. The van der Waals surface area contributed by atoms with E-state index in [1.165, 1.54) is 12.5 Å². The second kappa shape index (κ2) is 9.27. The third kappa shape index (κ3) is 4.28. The molecule has 6 rings (SSSR count). The van der Waals surface area contributed by atoms with Crippen molar-refractivity contribution in [3.8, 4) is 22.6 Å². The Kier molecular flexibility index (Phi) is 5.78. The minimum Gasteiger partial charge on any atom is -0.370 e. The third-order valence-corrected chi connectivity index (χ3v) is 6.78. The Morgan fingerprint density at radius 3 is 2.76 bits per heavy atom. The van der Waals surface area contributed by atoms with Crippen molar-refractivity contribution in [2.45, 2.75) is 33.1 Å². The van der Waals surface area contributed by atoms with Crippen molar-refractivity contribution in [2.75, 3.05) is 23.3 Å². The Morgan fingerprint density at radius 2 is 1.95 bits per heavy atom. The highest BCUT2D eigenvalue weighted by Crippen LogP contribution is 2.34. The number of fused-ring (bicyclic) bond motifs is 2. The predicted molar refractivity (Wildman–Crippen MR) is 142 cm³/mol. The van der Waals surface area contributed by atoms with E-state index in [0.29, 0.717) is 39.4 Å². The molecule has 0 aliphatic carbocycles. The standard InChI is InChI=1S/C27H27FN8O/c1-15(2)27(37)31-18-10-17(13-29-14-18)16-11-19-22(20(28)12-16)34-35-23(19)26-32-24-21(6-7-30-25(24)33-26)36-8-4-3-5-9-36/h6-7,10-15H,3-5,8-9H2,1-2H3,(H,31,37)(H,34,35)(H,30,32,33). The molecule has 4 aromatic heterocycles. The molecular weight excluding hydrogens is 471 g/mol. The number of hydrogen-bond donors (Lipinski definition) is 3. The highest BCUT2D eigenvalue weighted by Gasteiger charge is 2.20. The number of nitrogens with one attached hydrogen (secondary N) is 3. The number of H-pyrrole nitrogens is 2. The van der Waals surface area contributed by atoms with Gasteiger partial charge >= 0.3 is 0 Å². The Hall–Kier alpha value is -4.34. The number of amides is 1. The molecule has 1 fully saturated rings. The normalized spacial score (nSPS) is 14.1. The summed E-state index contributed by atoms with van der Waals surface area (Å²) >= 11 is 0. The second-order valence-corrected chi connectivity index (χ2v) is 9.72. The van der Waals surface area contributed by atoms with Gasteiger partial charge in [-0.05, 0) is 49.1 Å². The van der Waals surface area contributed by atoms with Crippen molar-refractivity contribution < 1.29 is 9.18 Å². The van der Waals surface area contributed by atoms with E-state index in [2.05, 4.69) is 35.4 Å². The highest BCUT2D eigenvalue weighted by molar-refractivity contribution is 5.97. The van der Waals surface area contributed by atoms with Gasteiger partial charge in [0.1, 0.15) is 16.7 Å². The van der Waals surface area contributed by atoms with Crippen molar-refractivity contribution >= 4 is 39.3 Å². The van der Waals surface area contributed by atoms with Gasteiger partial charge in [0.25, 0.3) is 0 Å². The van der Waals surface area contributed by atoms with Gasteiger partial charge in [-0.25, -0.2) is 14.4 Å². The molecule has 0 unspecified atom stereocenters. The number of halogens is 1. The van der Waals surface area contributed by atoms with Gasteiger partial charge in [0.05, 0.1) is 17.6 Å². The van der Waals surface area contributed by atoms with Crippen molar-refractivity contribution in [3.05, 3.63) is 48.7 Å². The van der Waals surface area contributed by atoms with Gasteiger partial charge in [-0.15, -0.1) is 0 Å². The summed E-state index contributed by atoms with van der Waals surface area (Å²) in [7, 11) is 0. The summed E-state index contributed by atoms with van der Waals surface area (Å²) in [5, 5.41) is 10.6. The molecule has 0 saturated carbocycles. The first-order chi connectivity index (χ1) is 18.0. The molecule has 188 valence electrons. The van der Waals surface area contributed by atoms with E-state index in [-0.39, 0.29) is 17.3 Å². The summed E-state index contributed by atoms with van der Waals surface area (Å²) in [4.78, 5) is 31.3. The molecule has 5 aromatic rings. The third-order valence-electron chi connectivity index (χ3n) is 6.78. The van der Waals surface area contributed by atoms with E-state index in [9.17, 15) is 4.79 Å². The quantitative estimate of drug-likeness (QED) is 0.303. The van der Waals surface area contributed by atoms with Crippen LogP contribution in [0.4, 0.5) is 15.8 Å². The minimum absolute atomic E-state index is 0.111. The monoisotopic (exact) mass is 498 g/mol. The molecule has 1 aromatic carbocycles. The number of hydrogen-bond acceptors (Lipinski definition) is 6. The van der Waals surface area contributed by atoms with E-state index in [1.54, 1.807) is 24.7 Å². The number of aromatic nitrogens is 6. The number of carbonyl (C=O) groups is 1. The molecule has 0 radical (unpaired) electrons. The van der Waals surface area contributed by atoms with Crippen molar-refractivity contribution in [1.29, 1.82) is 0 Å². The maximum Gasteiger partial charge on any atom is 0.226 e. The largest absolute Gasteiger partial charge is 0.370 e. The first kappa shape index (κ1) is 23.1. The molecule has 1 amide bonds. The van der Waals surface area contributed by atoms with Crippen molar-refractivity contribution in [2.24, 2.45) is 5.92 Å². The van der Waals surface area contributed by atoms with Crippen LogP contribution in [0.5, 0.6) is 0 Å². The Balaban J connectivity index is 1.41. The van der Waals surface area contributed by atoms with Gasteiger partial charge in [-0.1, -0.05) is 13.8 Å². The fourth-order valence-corrected chi connectivity index (χ4v) is 4.79. The van der Waals surface area contributed by atoms with E-state index in [0.717, 1.165) is 37.1 Å². The van der Waals surface area contributed by atoms with Gasteiger partial charge < -0.3 is 15.2 Å². The lowest BCUT2D eigenvalue weighted by Crippen LogP contribution is -2.29. The zero-order valence-electron chi connectivity index (χ0n) is 20.7. The molecular formula is C27H27FN8O. The molecule has 9 nitrogen and oxygen atoms in total. The summed E-state index contributed by atoms with van der Waals surface area (Å²) < 4.78 is 15.2. The van der Waals surface area contributed by atoms with E-state index in [1.807, 2.05) is 26.0 Å². The zero-order chi connectivity index (χ0) is 25.5. The topological polar surface area (TPSA) is 115 Å². The van der Waals surface area contributed by atoms with Crippen LogP contribution in [-0.2, 0) is 4.79 Å². The lowest BCUT2D eigenvalue weighted by atomic mass is 10.0. The number of nitrogens with zero attached hydrogens (tertiary/aromatic N) is 5. The fraction of sp³-hybridized carbons (Fsp3) is 0.296. The average Bonchev–Trinajstić information content (AvgIpc) is 3.53. The number of aromatic amines is 2. The number of imidazole rings is 1. The molecule has 3 N–H and O–H groups in total. The fourth-order valence-electron chi connectivity index (χ4n) is 4.79. The number of benzene rings is 1. The van der Waals surface area contributed by atoms with Crippen LogP contribution in [0.15, 0.2) is 42.9 Å². The van der Waals surface area contributed by atoms with Crippen LogP contribution in [0, 0.1) is 11.7 Å². The van der Waals surface area contributed by atoms with Crippen LogP contribution in [-0.4, -0.2) is 49.1 Å². The van der Waals surface area contributed by atoms with E-state index in [4.69, 9.17) is 4.98 Å². The molecule has 37 heavy (non-hydrogen) atoms. The number of anilines is 2. The van der Waals surface area contributed by atoms with Crippen LogP contribution in [0.1, 0.15) is 33.1 Å². The summed E-state index contributed by atoms with van der Waals surface area (Å²) in [5.41, 5.74) is 5.18. The molecule has 0 spiro atoms. The Labute approximate surface area is 212 Å². The SMILES string of the molecule is CC(C)C(=O)Nc1cncc(-c2cc(F)c3n[nH]c(-c4nc5nccc(N6CCCCC6)c5[nH]4)c3c2)c1. The van der Waals surface area contributed by atoms with Gasteiger partial charge in [0.2, 0.25) is 5.91 Å². The van der Waals surface area contributed by atoms with E-state index >= 15 is 4.39 Å². The molecule has 1 aliphatic rings. The van der Waals surface area contributed by atoms with E-state index < -0.39 is 5.82 Å². The van der Waals surface area contributed by atoms with Gasteiger partial charge in [-0.3, -0.25) is 14.9 Å². The smallest absolute Gasteiger partial charge is 0.226 e. The second-order valence-electron chi connectivity index (χ2n) is 9.72. The number of piperidine rings is 1. The molecule has 1 saturated heterocycles. The van der Waals surface area contributed by atoms with Crippen LogP contribution in [0.3, 0.4) is 0 Å². The maximum absolute atomic E-state index is 15.2. The van der Waals surface area contributed by atoms with Gasteiger partial charge in [0.15, 0.2) is 17.3 Å². The lowest BCUT2D eigenvalue weighted by Gasteiger charge is -2.28. The maximum atomic E-state index is 15.2. The summed E-state index contributed by atoms with van der Waals surface area (Å²) in [5.74, 6) is -0.197.